The lowest BCUT2D eigenvalue weighted by atomic mass is 10.1. The van der Waals surface area contributed by atoms with Crippen LogP contribution in [0.2, 0.25) is 0 Å². The molecule has 1 N–H and O–H groups in total. The summed E-state index contributed by atoms with van der Waals surface area (Å²) in [6.45, 7) is 0. The number of hydrogen-bond acceptors (Lipinski definition) is 5. The Kier molecular flexibility index (Phi) is 3.38. The molecule has 1 atom stereocenters. The van der Waals surface area contributed by atoms with Gasteiger partial charge in [0.25, 0.3) is 5.91 Å². The van der Waals surface area contributed by atoms with E-state index in [9.17, 15) is 4.79 Å². The van der Waals surface area contributed by atoms with Gasteiger partial charge in [0.2, 0.25) is 0 Å². The third-order valence-corrected chi connectivity index (χ3v) is 4.38. The molecule has 114 valence electrons. The summed E-state index contributed by atoms with van der Waals surface area (Å²) in [5, 5.41) is 11.3. The maximum atomic E-state index is 12.6. The van der Waals surface area contributed by atoms with E-state index in [2.05, 4.69) is 10.4 Å². The molecule has 1 unspecified atom stereocenters. The molecule has 0 spiro atoms. The smallest absolute Gasteiger partial charge is 0.276 e. The van der Waals surface area contributed by atoms with Gasteiger partial charge in [-0.3, -0.25) is 15.1 Å². The zero-order chi connectivity index (χ0) is 15.8. The predicted octanol–water partition coefficient (Wildman–Crippen LogP) is 1.19. The Labute approximate surface area is 137 Å². The van der Waals surface area contributed by atoms with Crippen molar-refractivity contribution < 1.29 is 4.79 Å². The molecular weight excluding hydrogens is 308 g/mol. The average Bonchev–Trinajstić information content (AvgIpc) is 2.61. The minimum absolute atomic E-state index is 0.146. The van der Waals surface area contributed by atoms with E-state index in [1.165, 1.54) is 11.8 Å². The Morgan fingerprint density at radius 3 is 2.61 bits per heavy atom. The van der Waals surface area contributed by atoms with Gasteiger partial charge in [-0.05, 0) is 17.9 Å². The SMILES string of the molecule is CSC1=NN2C(=c3ccccc3=NC2c2ccccc2)C(=O)N1. The van der Waals surface area contributed by atoms with Gasteiger partial charge in [0, 0.05) is 5.22 Å². The van der Waals surface area contributed by atoms with Crippen molar-refractivity contribution in [1.82, 2.24) is 10.3 Å². The molecule has 0 aromatic heterocycles. The molecule has 4 rings (SSSR count). The van der Waals surface area contributed by atoms with Gasteiger partial charge in [-0.15, -0.1) is 5.10 Å². The normalized spacial score (nSPS) is 19.3. The van der Waals surface area contributed by atoms with Gasteiger partial charge in [0.15, 0.2) is 11.3 Å². The molecule has 23 heavy (non-hydrogen) atoms. The lowest BCUT2D eigenvalue weighted by molar-refractivity contribution is -0.116. The number of fused-ring (bicyclic) bond motifs is 2. The van der Waals surface area contributed by atoms with Crippen molar-refractivity contribution in [3.8, 4) is 0 Å². The molecular formula is C17H14N4OS. The standard InChI is InChI=1S/C17H14N4OS/c1-23-17-19-16(22)14-12-9-5-6-10-13(12)18-15(21(14)20-17)11-7-3-2-4-8-11/h2-10,15H,1H3,(H,19,20,22). The topological polar surface area (TPSA) is 57.1 Å². The zero-order valence-electron chi connectivity index (χ0n) is 12.4. The highest BCUT2D eigenvalue weighted by Crippen LogP contribution is 2.30. The summed E-state index contributed by atoms with van der Waals surface area (Å²) in [4.78, 5) is 17.4. The van der Waals surface area contributed by atoms with Gasteiger partial charge in [-0.1, -0.05) is 60.3 Å². The van der Waals surface area contributed by atoms with E-state index < -0.39 is 0 Å². The molecule has 0 bridgehead atoms. The number of carbonyl (C=O) groups excluding carboxylic acids is 1. The van der Waals surface area contributed by atoms with Crippen molar-refractivity contribution in [2.24, 2.45) is 10.1 Å². The van der Waals surface area contributed by atoms with Crippen molar-refractivity contribution in [3.05, 3.63) is 70.7 Å². The van der Waals surface area contributed by atoms with Crippen LogP contribution in [-0.2, 0) is 4.79 Å². The molecule has 0 aliphatic carbocycles. The van der Waals surface area contributed by atoms with Crippen LogP contribution in [-0.4, -0.2) is 22.3 Å². The van der Waals surface area contributed by atoms with Gasteiger partial charge in [-0.25, -0.2) is 5.01 Å². The molecule has 6 heteroatoms. The molecule has 0 fully saturated rings. The number of amidine groups is 1. The maximum absolute atomic E-state index is 12.6. The number of benzene rings is 2. The number of rotatable bonds is 1. The Balaban J connectivity index is 2.00. The first-order chi connectivity index (χ1) is 11.3. The number of para-hydroxylation sites is 1. The summed E-state index contributed by atoms with van der Waals surface area (Å²) in [5.74, 6) is -0.146. The van der Waals surface area contributed by atoms with Crippen LogP contribution in [0.4, 0.5) is 0 Å². The molecule has 2 aromatic rings. The van der Waals surface area contributed by atoms with E-state index in [1.807, 2.05) is 60.9 Å². The lowest BCUT2D eigenvalue weighted by Gasteiger charge is -2.33. The Morgan fingerprint density at radius 2 is 1.83 bits per heavy atom. The maximum Gasteiger partial charge on any atom is 0.276 e. The molecule has 2 aromatic carbocycles. The summed E-state index contributed by atoms with van der Waals surface area (Å²) < 4.78 is 0. The van der Waals surface area contributed by atoms with Gasteiger partial charge >= 0.3 is 0 Å². The van der Waals surface area contributed by atoms with E-state index in [1.54, 1.807) is 5.01 Å². The van der Waals surface area contributed by atoms with Crippen molar-refractivity contribution >= 4 is 28.5 Å². The van der Waals surface area contributed by atoms with E-state index in [0.29, 0.717) is 10.9 Å². The van der Waals surface area contributed by atoms with Gasteiger partial charge < -0.3 is 0 Å². The number of amides is 1. The quantitative estimate of drug-likeness (QED) is 0.858. The number of nitrogens with zero attached hydrogens (tertiary/aromatic N) is 3. The molecule has 5 nitrogen and oxygen atoms in total. The minimum Gasteiger partial charge on any atom is -0.298 e. The van der Waals surface area contributed by atoms with E-state index in [-0.39, 0.29) is 12.1 Å². The number of thioether (sulfide) groups is 1. The molecule has 0 saturated heterocycles. The van der Waals surface area contributed by atoms with Gasteiger partial charge in [0.1, 0.15) is 5.70 Å². The van der Waals surface area contributed by atoms with E-state index >= 15 is 0 Å². The van der Waals surface area contributed by atoms with Crippen molar-refractivity contribution in [2.75, 3.05) is 6.26 Å². The largest absolute Gasteiger partial charge is 0.298 e. The molecule has 1 amide bonds. The highest BCUT2D eigenvalue weighted by molar-refractivity contribution is 8.13. The average molecular weight is 322 g/mol. The van der Waals surface area contributed by atoms with Crippen LogP contribution in [0.15, 0.2) is 64.7 Å². The molecule has 2 aliphatic rings. The van der Waals surface area contributed by atoms with Crippen LogP contribution < -0.4 is 15.9 Å². The van der Waals surface area contributed by atoms with Crippen molar-refractivity contribution in [2.45, 2.75) is 6.17 Å². The third-order valence-electron chi connectivity index (χ3n) is 3.81. The van der Waals surface area contributed by atoms with E-state index in [0.717, 1.165) is 16.1 Å². The molecule has 2 heterocycles. The summed E-state index contributed by atoms with van der Waals surface area (Å²) in [7, 11) is 0. The second kappa shape index (κ2) is 5.55. The molecule has 0 saturated carbocycles. The summed E-state index contributed by atoms with van der Waals surface area (Å²) in [6.07, 6.45) is 1.55. The number of carbonyl (C=O) groups is 1. The monoisotopic (exact) mass is 322 g/mol. The summed E-state index contributed by atoms with van der Waals surface area (Å²) >= 11 is 1.41. The van der Waals surface area contributed by atoms with Crippen LogP contribution in [0.1, 0.15) is 11.7 Å². The summed E-state index contributed by atoms with van der Waals surface area (Å²) in [6, 6.07) is 17.6. The second-order valence-electron chi connectivity index (χ2n) is 5.19. The number of hydrazone groups is 1. The van der Waals surface area contributed by atoms with Crippen LogP contribution in [0.5, 0.6) is 0 Å². The Morgan fingerprint density at radius 1 is 1.09 bits per heavy atom. The summed E-state index contributed by atoms with van der Waals surface area (Å²) in [5.41, 5.74) is 1.54. The van der Waals surface area contributed by atoms with E-state index in [4.69, 9.17) is 4.99 Å². The molecule has 0 radical (unpaired) electrons. The van der Waals surface area contributed by atoms with Crippen LogP contribution in [0, 0.1) is 0 Å². The highest BCUT2D eigenvalue weighted by atomic mass is 32.2. The Hall–Kier alpha value is -2.60. The fourth-order valence-electron chi connectivity index (χ4n) is 2.76. The fourth-order valence-corrected chi connectivity index (χ4v) is 3.13. The van der Waals surface area contributed by atoms with Crippen LogP contribution in [0.25, 0.3) is 5.70 Å². The first kappa shape index (κ1) is 14.0. The number of nitrogens with one attached hydrogen (secondary N) is 1. The second-order valence-corrected chi connectivity index (χ2v) is 5.98. The third kappa shape index (κ3) is 2.31. The molecule has 2 aliphatic heterocycles. The first-order valence-corrected chi connectivity index (χ1v) is 8.46. The number of hydrogen-bond donors (Lipinski definition) is 1. The zero-order valence-corrected chi connectivity index (χ0v) is 13.2. The lowest BCUT2D eigenvalue weighted by Crippen LogP contribution is -2.50. The Bertz CT molecular complexity index is 923. The van der Waals surface area contributed by atoms with Crippen molar-refractivity contribution in [1.29, 1.82) is 0 Å². The highest BCUT2D eigenvalue weighted by Gasteiger charge is 2.33. The van der Waals surface area contributed by atoms with Gasteiger partial charge in [-0.2, -0.15) is 0 Å². The van der Waals surface area contributed by atoms with Gasteiger partial charge in [0.05, 0.1) is 5.36 Å². The first-order valence-electron chi connectivity index (χ1n) is 7.23. The fraction of sp³-hybridized carbons (Fsp3) is 0.118. The van der Waals surface area contributed by atoms with Crippen LogP contribution >= 0.6 is 11.8 Å². The minimum atomic E-state index is -0.339. The van der Waals surface area contributed by atoms with Crippen molar-refractivity contribution in [3.63, 3.8) is 0 Å². The van der Waals surface area contributed by atoms with Crippen LogP contribution in [0.3, 0.4) is 0 Å². The predicted molar refractivity (Wildman–Crippen MR) is 90.7 cm³/mol.